The Bertz CT molecular complexity index is 432. The fraction of sp³-hybridized carbons (Fsp3) is 0.650. The predicted octanol–water partition coefficient (Wildman–Crippen LogP) is 4.91. The maximum absolute atomic E-state index is 11.2. The fourth-order valence-electron chi connectivity index (χ4n) is 2.32. The lowest BCUT2D eigenvalue weighted by atomic mass is 9.99. The summed E-state index contributed by atoms with van der Waals surface area (Å²) in [5.41, 5.74) is 0. The van der Waals surface area contributed by atoms with Gasteiger partial charge < -0.3 is 4.74 Å². The van der Waals surface area contributed by atoms with Gasteiger partial charge in [-0.25, -0.2) is 0 Å². The predicted molar refractivity (Wildman–Crippen MR) is 92.2 cm³/mol. The van der Waals surface area contributed by atoms with Crippen molar-refractivity contribution in [2.75, 3.05) is 6.61 Å². The van der Waals surface area contributed by atoms with Gasteiger partial charge in [0.2, 0.25) is 0 Å². The summed E-state index contributed by atoms with van der Waals surface area (Å²) in [7, 11) is 0. The van der Waals surface area contributed by atoms with E-state index in [1.54, 1.807) is 0 Å². The highest BCUT2D eigenvalue weighted by Crippen LogP contribution is 2.36. The van der Waals surface area contributed by atoms with Gasteiger partial charge in [-0.3, -0.25) is 4.79 Å². The Hall–Kier alpha value is -1.49. The minimum atomic E-state index is -0.129. The van der Waals surface area contributed by atoms with Gasteiger partial charge >= 0.3 is 5.97 Å². The Morgan fingerprint density at radius 1 is 1.32 bits per heavy atom. The van der Waals surface area contributed by atoms with Gasteiger partial charge in [0.15, 0.2) is 0 Å². The minimum Gasteiger partial charge on any atom is -0.466 e. The van der Waals surface area contributed by atoms with Crippen molar-refractivity contribution in [2.24, 2.45) is 17.8 Å². The molecule has 1 fully saturated rings. The lowest BCUT2D eigenvalue weighted by molar-refractivity contribution is -0.143. The van der Waals surface area contributed by atoms with Crippen LogP contribution in [0.2, 0.25) is 0 Å². The second kappa shape index (κ2) is 11.1. The molecule has 2 nitrogen and oxygen atoms in total. The van der Waals surface area contributed by atoms with E-state index in [1.165, 1.54) is 25.7 Å². The van der Waals surface area contributed by atoms with Gasteiger partial charge in [0.1, 0.15) is 0 Å². The zero-order valence-electron chi connectivity index (χ0n) is 14.3. The van der Waals surface area contributed by atoms with Gasteiger partial charge in [0.05, 0.1) is 6.61 Å². The lowest BCUT2D eigenvalue weighted by Crippen LogP contribution is -2.05. The molecular weight excluding hydrogens is 272 g/mol. The molecule has 0 radical (unpaired) electrons. The van der Waals surface area contributed by atoms with Crippen molar-refractivity contribution in [1.82, 2.24) is 0 Å². The number of allylic oxidation sites excluding steroid dienone is 4. The van der Waals surface area contributed by atoms with Crippen LogP contribution in [0.4, 0.5) is 0 Å². The highest BCUT2D eigenvalue weighted by Gasteiger charge is 2.23. The summed E-state index contributed by atoms with van der Waals surface area (Å²) in [4.78, 5) is 11.2. The van der Waals surface area contributed by atoms with Crippen molar-refractivity contribution in [1.29, 1.82) is 0 Å². The van der Waals surface area contributed by atoms with Crippen LogP contribution in [0.1, 0.15) is 59.3 Å². The Morgan fingerprint density at radius 3 is 2.73 bits per heavy atom. The van der Waals surface area contributed by atoms with Crippen molar-refractivity contribution in [3.05, 3.63) is 24.3 Å². The van der Waals surface area contributed by atoms with Crippen LogP contribution in [0.3, 0.4) is 0 Å². The summed E-state index contributed by atoms with van der Waals surface area (Å²) in [5.74, 6) is 7.99. The maximum Gasteiger partial charge on any atom is 0.305 e. The topological polar surface area (TPSA) is 26.3 Å². The zero-order chi connectivity index (χ0) is 16.2. The standard InChI is InChI=1S/C20H30O2/c1-4-18(16-19-13-14-19)11-9-7-6-8-10-17(3)12-15-20(21)22-5-2/h6-7,9,11,17-19H,4-5,12-16H2,1-3H3. The van der Waals surface area contributed by atoms with Crippen LogP contribution < -0.4 is 0 Å². The number of carbonyl (C=O) groups is 1. The third kappa shape index (κ3) is 9.45. The highest BCUT2D eigenvalue weighted by atomic mass is 16.5. The van der Waals surface area contributed by atoms with E-state index in [4.69, 9.17) is 4.74 Å². The molecule has 0 spiro atoms. The van der Waals surface area contributed by atoms with Crippen molar-refractivity contribution in [3.8, 4) is 11.8 Å². The Morgan fingerprint density at radius 2 is 2.09 bits per heavy atom. The van der Waals surface area contributed by atoms with E-state index < -0.39 is 0 Å². The van der Waals surface area contributed by atoms with Gasteiger partial charge in [0.25, 0.3) is 0 Å². The molecule has 1 aliphatic rings. The molecule has 0 aliphatic heterocycles. The number of esters is 1. The van der Waals surface area contributed by atoms with Gasteiger partial charge in [0, 0.05) is 12.3 Å². The van der Waals surface area contributed by atoms with E-state index in [0.29, 0.717) is 18.9 Å². The number of hydrogen-bond donors (Lipinski definition) is 0. The second-order valence-electron chi connectivity index (χ2n) is 6.12. The summed E-state index contributed by atoms with van der Waals surface area (Å²) < 4.78 is 4.90. The SMILES string of the molecule is CCOC(=O)CCC(C)C#CC=CC=CC(CC)CC1CC1. The first kappa shape index (κ1) is 18.6. The molecule has 1 aliphatic carbocycles. The minimum absolute atomic E-state index is 0.129. The fourth-order valence-corrected chi connectivity index (χ4v) is 2.32. The lowest BCUT2D eigenvalue weighted by Gasteiger charge is -2.07. The van der Waals surface area contributed by atoms with Crippen LogP contribution >= 0.6 is 0 Å². The summed E-state index contributed by atoms with van der Waals surface area (Å²) in [6, 6.07) is 0. The average Bonchev–Trinajstić information content (AvgIpc) is 3.31. The van der Waals surface area contributed by atoms with Crippen molar-refractivity contribution < 1.29 is 9.53 Å². The summed E-state index contributed by atoms with van der Waals surface area (Å²) in [6.45, 7) is 6.57. The quantitative estimate of drug-likeness (QED) is 0.344. The molecular formula is C20H30O2. The van der Waals surface area contributed by atoms with Crippen LogP contribution in [0.15, 0.2) is 24.3 Å². The number of rotatable bonds is 9. The molecule has 2 heteroatoms. The van der Waals surface area contributed by atoms with E-state index in [0.717, 1.165) is 12.3 Å². The number of ether oxygens (including phenoxy) is 1. The smallest absolute Gasteiger partial charge is 0.305 e. The van der Waals surface area contributed by atoms with E-state index >= 15 is 0 Å². The first-order valence-corrected chi connectivity index (χ1v) is 8.65. The van der Waals surface area contributed by atoms with E-state index in [2.05, 4.69) is 30.9 Å². The Balaban J connectivity index is 2.21. The van der Waals surface area contributed by atoms with Gasteiger partial charge in [-0.15, -0.1) is 0 Å². The third-order valence-corrected chi connectivity index (χ3v) is 3.95. The molecule has 0 aromatic rings. The highest BCUT2D eigenvalue weighted by molar-refractivity contribution is 5.69. The first-order valence-electron chi connectivity index (χ1n) is 8.65. The molecule has 2 unspecified atom stereocenters. The van der Waals surface area contributed by atoms with Gasteiger partial charge in [-0.1, -0.05) is 56.8 Å². The number of carbonyl (C=O) groups excluding carboxylic acids is 1. The Labute approximate surface area is 136 Å². The molecule has 0 saturated heterocycles. The van der Waals surface area contributed by atoms with Crippen molar-refractivity contribution in [2.45, 2.75) is 59.3 Å². The molecule has 122 valence electrons. The van der Waals surface area contributed by atoms with Crippen LogP contribution in [0.25, 0.3) is 0 Å². The van der Waals surface area contributed by atoms with E-state index in [1.807, 2.05) is 26.0 Å². The molecule has 22 heavy (non-hydrogen) atoms. The maximum atomic E-state index is 11.2. The molecule has 0 aromatic heterocycles. The van der Waals surface area contributed by atoms with Crippen molar-refractivity contribution in [3.63, 3.8) is 0 Å². The first-order chi connectivity index (χ1) is 10.7. The monoisotopic (exact) mass is 302 g/mol. The number of hydrogen-bond acceptors (Lipinski definition) is 2. The van der Waals surface area contributed by atoms with Gasteiger partial charge in [-0.2, -0.15) is 0 Å². The van der Waals surface area contributed by atoms with E-state index in [9.17, 15) is 4.79 Å². The van der Waals surface area contributed by atoms with Crippen LogP contribution in [-0.4, -0.2) is 12.6 Å². The largest absolute Gasteiger partial charge is 0.466 e. The molecule has 2 atom stereocenters. The zero-order valence-corrected chi connectivity index (χ0v) is 14.3. The summed E-state index contributed by atoms with van der Waals surface area (Å²) >= 11 is 0. The van der Waals surface area contributed by atoms with Crippen LogP contribution in [-0.2, 0) is 9.53 Å². The molecule has 1 saturated carbocycles. The molecule has 0 bridgehead atoms. The van der Waals surface area contributed by atoms with Crippen molar-refractivity contribution >= 4 is 5.97 Å². The Kier molecular flexibility index (Phi) is 9.39. The normalized spacial score (nSPS) is 17.2. The molecule has 1 rings (SSSR count). The molecule has 0 amide bonds. The van der Waals surface area contributed by atoms with Crippen LogP contribution in [0.5, 0.6) is 0 Å². The summed E-state index contributed by atoms with van der Waals surface area (Å²) in [6.07, 6.45) is 15.0. The van der Waals surface area contributed by atoms with Gasteiger partial charge in [-0.05, 0) is 44.1 Å². The molecule has 0 aromatic carbocycles. The van der Waals surface area contributed by atoms with Crippen LogP contribution in [0, 0.1) is 29.6 Å². The third-order valence-electron chi connectivity index (χ3n) is 3.95. The molecule has 0 heterocycles. The second-order valence-corrected chi connectivity index (χ2v) is 6.12. The summed E-state index contributed by atoms with van der Waals surface area (Å²) in [5, 5.41) is 0. The van der Waals surface area contributed by atoms with E-state index in [-0.39, 0.29) is 11.9 Å². The molecule has 0 N–H and O–H groups in total. The average molecular weight is 302 g/mol.